The first-order chi connectivity index (χ1) is 22.7. The maximum atomic E-state index is 14.7. The number of esters is 3. The highest BCUT2D eigenvalue weighted by atomic mass is 16.6. The molecule has 4 aliphatic rings. The second-order valence-electron chi connectivity index (χ2n) is 15.6. The molecule has 1 saturated heterocycles. The van der Waals surface area contributed by atoms with Crippen LogP contribution in [0.25, 0.3) is 0 Å². The maximum absolute atomic E-state index is 14.7. The summed E-state index contributed by atoms with van der Waals surface area (Å²) in [6.45, 7) is 12.8. The van der Waals surface area contributed by atoms with E-state index in [2.05, 4.69) is 0 Å². The molecule has 1 heterocycles. The molecule has 4 N–H and O–H groups in total. The van der Waals surface area contributed by atoms with Gasteiger partial charge in [-0.3, -0.25) is 9.59 Å². The number of carbonyl (C=O) groups is 4. The molecule has 2 bridgehead atoms. The van der Waals surface area contributed by atoms with Gasteiger partial charge in [0, 0.05) is 25.2 Å². The van der Waals surface area contributed by atoms with Crippen molar-refractivity contribution in [3.63, 3.8) is 0 Å². The van der Waals surface area contributed by atoms with Crippen LogP contribution in [-0.2, 0) is 33.3 Å². The summed E-state index contributed by atoms with van der Waals surface area (Å²) < 4.78 is 23.9. The summed E-state index contributed by atoms with van der Waals surface area (Å²) in [5, 5.41) is 47.8. The number of hydrogen-bond acceptors (Lipinski definition) is 12. The normalized spacial score (nSPS) is 37.8. The van der Waals surface area contributed by atoms with Crippen LogP contribution >= 0.6 is 0 Å². The van der Waals surface area contributed by atoms with E-state index < -0.39 is 94.2 Å². The first kappa shape index (κ1) is 37.1. The van der Waals surface area contributed by atoms with Crippen molar-refractivity contribution in [3.05, 3.63) is 47.0 Å². The van der Waals surface area contributed by atoms with E-state index in [1.54, 1.807) is 45.9 Å². The minimum absolute atomic E-state index is 0.0370. The van der Waals surface area contributed by atoms with Gasteiger partial charge in [-0.2, -0.15) is 0 Å². The Hall–Kier alpha value is -3.16. The standard InChI is InChI=1S/C37H50O12/c1-18(2)14-19(3)27(40)33(44)47-23-16-37(45)31(48-32(43)22-12-10-9-11-13-22)29-35(8,30(42)28(41)26(20(23)4)34(37,6)7)24(39)15-25-36(29,17-46-25)49-21(5)38/h9-13,18-19,23-25,27-29,31,39-41,45H,14-17H2,1-8H3/t19-,23-,24-,25+,27?,28+,29-,31-,35+,36-,37+/m0/s1. The highest BCUT2D eigenvalue weighted by molar-refractivity contribution is 5.94. The number of ether oxygens (including phenoxy) is 4. The Bertz CT molecular complexity index is 1520. The monoisotopic (exact) mass is 686 g/mol. The number of carbonyl (C=O) groups excluding carboxylic acids is 4. The third-order valence-corrected chi connectivity index (χ3v) is 11.8. The van der Waals surface area contributed by atoms with Crippen molar-refractivity contribution in [2.45, 2.75) is 122 Å². The maximum Gasteiger partial charge on any atom is 0.338 e. The SMILES string of the molecule is CC(=O)O[C@@]12CO[C@@H]1C[C@H](O)[C@@]1(C)C(=O)[C@H](O)C3=C(C)[C@@H](OC(=O)C(O)[C@@H](C)CC(C)C)C[C@@](O)([C@@H](OC(=O)c4ccccc4)[C@H]21)C3(C)C. The van der Waals surface area contributed by atoms with E-state index in [1.807, 2.05) is 13.8 Å². The molecule has 11 atom stereocenters. The van der Waals surface area contributed by atoms with Crippen molar-refractivity contribution < 1.29 is 58.6 Å². The largest absolute Gasteiger partial charge is 0.456 e. The lowest BCUT2D eigenvalue weighted by Crippen LogP contribution is -2.81. The fourth-order valence-electron chi connectivity index (χ4n) is 9.09. The quantitative estimate of drug-likeness (QED) is 0.178. The molecule has 270 valence electrons. The summed E-state index contributed by atoms with van der Waals surface area (Å²) in [7, 11) is 0. The van der Waals surface area contributed by atoms with Crippen molar-refractivity contribution >= 4 is 23.7 Å². The summed E-state index contributed by atoms with van der Waals surface area (Å²) in [5.74, 6) is -5.07. The Balaban J connectivity index is 1.73. The van der Waals surface area contributed by atoms with Crippen molar-refractivity contribution in [1.29, 1.82) is 0 Å². The lowest BCUT2D eigenvalue weighted by atomic mass is 9.44. The topological polar surface area (TPSA) is 186 Å². The fourth-order valence-corrected chi connectivity index (χ4v) is 9.09. The summed E-state index contributed by atoms with van der Waals surface area (Å²) in [6.07, 6.45) is -8.74. The zero-order valence-electron chi connectivity index (χ0n) is 29.5. The Morgan fingerprint density at radius 1 is 1.04 bits per heavy atom. The minimum Gasteiger partial charge on any atom is -0.456 e. The molecule has 0 spiro atoms. The van der Waals surface area contributed by atoms with Gasteiger partial charge in [-0.1, -0.05) is 52.8 Å². The molecule has 1 aliphatic heterocycles. The molecule has 0 aromatic heterocycles. The van der Waals surface area contributed by atoms with E-state index in [0.717, 1.165) is 0 Å². The van der Waals surface area contributed by atoms with Crippen molar-refractivity contribution in [3.8, 4) is 0 Å². The third kappa shape index (κ3) is 5.73. The molecule has 12 heteroatoms. The van der Waals surface area contributed by atoms with Crippen molar-refractivity contribution in [2.75, 3.05) is 6.61 Å². The molecule has 3 aliphatic carbocycles. The summed E-state index contributed by atoms with van der Waals surface area (Å²) in [6, 6.07) is 8.00. The smallest absolute Gasteiger partial charge is 0.338 e. The van der Waals surface area contributed by atoms with Crippen LogP contribution in [0.4, 0.5) is 0 Å². The van der Waals surface area contributed by atoms with Gasteiger partial charge in [-0.15, -0.1) is 0 Å². The Morgan fingerprint density at radius 2 is 1.67 bits per heavy atom. The van der Waals surface area contributed by atoms with E-state index in [1.165, 1.54) is 26.0 Å². The number of Topliss-reactive ketones (excluding diaryl/α,β-unsaturated/α-hetero) is 1. The average Bonchev–Trinajstić information content (AvgIpc) is 3.02. The summed E-state index contributed by atoms with van der Waals surface area (Å²) in [4.78, 5) is 54.8. The van der Waals surface area contributed by atoms with E-state index in [9.17, 15) is 39.6 Å². The van der Waals surface area contributed by atoms with Gasteiger partial charge in [0.05, 0.1) is 29.6 Å². The minimum atomic E-state index is -2.22. The number of benzene rings is 1. The second-order valence-corrected chi connectivity index (χ2v) is 15.6. The number of aliphatic hydroxyl groups is 4. The Kier molecular flexibility index (Phi) is 9.74. The number of rotatable bonds is 8. The second kappa shape index (κ2) is 12.9. The van der Waals surface area contributed by atoms with Gasteiger partial charge in [0.2, 0.25) is 0 Å². The predicted molar refractivity (Wildman–Crippen MR) is 174 cm³/mol. The van der Waals surface area contributed by atoms with Gasteiger partial charge >= 0.3 is 17.9 Å². The number of hydrogen-bond donors (Lipinski definition) is 4. The Labute approximate surface area is 286 Å². The third-order valence-electron chi connectivity index (χ3n) is 11.8. The van der Waals surface area contributed by atoms with Crippen LogP contribution < -0.4 is 0 Å². The van der Waals surface area contributed by atoms with Crippen LogP contribution in [0.1, 0.15) is 85.0 Å². The van der Waals surface area contributed by atoms with Crippen molar-refractivity contribution in [2.24, 2.45) is 28.6 Å². The lowest BCUT2D eigenvalue weighted by Gasteiger charge is -2.67. The van der Waals surface area contributed by atoms with Gasteiger partial charge < -0.3 is 39.4 Å². The molecular weight excluding hydrogens is 636 g/mol. The molecular formula is C37H50O12. The lowest BCUT2D eigenvalue weighted by molar-refractivity contribution is -0.346. The first-order valence-electron chi connectivity index (χ1n) is 17.0. The molecule has 12 nitrogen and oxygen atoms in total. The highest BCUT2D eigenvalue weighted by Gasteiger charge is 2.78. The molecule has 0 amide bonds. The predicted octanol–water partition coefficient (Wildman–Crippen LogP) is 2.68. The van der Waals surface area contributed by atoms with Crippen molar-refractivity contribution in [1.82, 2.24) is 0 Å². The fraction of sp³-hybridized carbons (Fsp3) is 0.676. The first-order valence-corrected chi connectivity index (χ1v) is 17.0. The summed E-state index contributed by atoms with van der Waals surface area (Å²) >= 11 is 0. The number of fused-ring (bicyclic) bond motifs is 5. The van der Waals surface area contributed by atoms with Crippen LogP contribution in [0.5, 0.6) is 0 Å². The van der Waals surface area contributed by atoms with E-state index in [0.29, 0.717) is 6.42 Å². The van der Waals surface area contributed by atoms with Gasteiger partial charge in [0.1, 0.15) is 30.0 Å². The number of aliphatic hydroxyl groups excluding tert-OH is 3. The van der Waals surface area contributed by atoms with Crippen LogP contribution in [0.2, 0.25) is 0 Å². The summed E-state index contributed by atoms with van der Waals surface area (Å²) in [5.41, 5.74) is -6.87. The molecule has 1 aromatic carbocycles. The molecule has 0 radical (unpaired) electrons. The molecule has 2 saturated carbocycles. The zero-order chi connectivity index (χ0) is 36.4. The Morgan fingerprint density at radius 3 is 2.22 bits per heavy atom. The van der Waals surface area contributed by atoms with E-state index in [-0.39, 0.29) is 42.1 Å². The van der Waals surface area contributed by atoms with Gasteiger partial charge in [-0.05, 0) is 55.4 Å². The average molecular weight is 687 g/mol. The molecule has 49 heavy (non-hydrogen) atoms. The number of ketones is 1. The zero-order valence-corrected chi connectivity index (χ0v) is 29.5. The van der Waals surface area contributed by atoms with Crippen LogP contribution in [-0.4, -0.2) is 98.6 Å². The van der Waals surface area contributed by atoms with Gasteiger partial charge in [0.15, 0.2) is 17.5 Å². The molecule has 1 aromatic rings. The van der Waals surface area contributed by atoms with Crippen LogP contribution in [0.3, 0.4) is 0 Å². The molecule has 3 fully saturated rings. The molecule has 1 unspecified atom stereocenters. The highest BCUT2D eigenvalue weighted by Crippen LogP contribution is 2.64. The van der Waals surface area contributed by atoms with Crippen LogP contribution in [0, 0.1) is 28.6 Å². The van der Waals surface area contributed by atoms with Gasteiger partial charge in [0.25, 0.3) is 0 Å². The van der Waals surface area contributed by atoms with Gasteiger partial charge in [-0.25, -0.2) is 9.59 Å². The van der Waals surface area contributed by atoms with E-state index >= 15 is 0 Å². The van der Waals surface area contributed by atoms with E-state index in [4.69, 9.17) is 18.9 Å². The molecule has 5 rings (SSSR count). The van der Waals surface area contributed by atoms with Crippen LogP contribution in [0.15, 0.2) is 41.5 Å².